The summed E-state index contributed by atoms with van der Waals surface area (Å²) in [5.74, 6) is -1.49. The number of carbonyl (C=O) groups is 1. The molecule has 0 heterocycles. The highest BCUT2D eigenvalue weighted by molar-refractivity contribution is 6.34. The number of allylic oxidation sites excluding steroid dienone is 1. The minimum atomic E-state index is -0.731. The summed E-state index contributed by atoms with van der Waals surface area (Å²) in [7, 11) is 0. The van der Waals surface area contributed by atoms with Crippen molar-refractivity contribution in [2.45, 2.75) is 0 Å². The average molecular weight is 322 g/mol. The summed E-state index contributed by atoms with van der Waals surface area (Å²) in [6, 6.07) is 7.09. The number of carbonyl (C=O) groups excluding carboxylic acids is 1. The van der Waals surface area contributed by atoms with Gasteiger partial charge in [-0.3, -0.25) is 14.9 Å². The van der Waals surface area contributed by atoms with E-state index in [0.717, 1.165) is 30.3 Å². The molecule has 7 heteroatoms. The van der Waals surface area contributed by atoms with Gasteiger partial charge in [0, 0.05) is 11.6 Å². The zero-order chi connectivity index (χ0) is 16.3. The molecular weight excluding hydrogens is 313 g/mol. The van der Waals surface area contributed by atoms with Gasteiger partial charge < -0.3 is 5.11 Å². The van der Waals surface area contributed by atoms with E-state index in [1.165, 1.54) is 18.2 Å². The van der Waals surface area contributed by atoms with Gasteiger partial charge in [0.2, 0.25) is 0 Å². The Labute approximate surface area is 129 Å². The molecule has 0 amide bonds. The van der Waals surface area contributed by atoms with Crippen LogP contribution in [-0.2, 0) is 0 Å². The zero-order valence-electron chi connectivity index (χ0n) is 11.0. The normalized spacial score (nSPS) is 10.8. The van der Waals surface area contributed by atoms with Gasteiger partial charge in [-0.1, -0.05) is 23.7 Å². The molecule has 5 nitrogen and oxygen atoms in total. The number of nitro groups is 1. The maximum atomic E-state index is 12.9. The van der Waals surface area contributed by atoms with E-state index in [2.05, 4.69) is 0 Å². The van der Waals surface area contributed by atoms with Crippen LogP contribution in [0.25, 0.3) is 6.08 Å². The molecule has 0 saturated heterocycles. The molecule has 0 fully saturated rings. The predicted molar refractivity (Wildman–Crippen MR) is 79.5 cm³/mol. The van der Waals surface area contributed by atoms with Gasteiger partial charge in [0.25, 0.3) is 0 Å². The molecule has 2 aromatic carbocycles. The fourth-order valence-electron chi connectivity index (χ4n) is 1.74. The SMILES string of the molecule is O=C(/C=C/c1ccc(O)c([N+](=O)[O-])c1)c1ccc(F)cc1Cl. The summed E-state index contributed by atoms with van der Waals surface area (Å²) >= 11 is 5.78. The molecule has 0 aliphatic rings. The number of aromatic hydroxyl groups is 1. The number of nitrogens with zero attached hydrogens (tertiary/aromatic N) is 1. The van der Waals surface area contributed by atoms with E-state index < -0.39 is 28.0 Å². The third kappa shape index (κ3) is 3.48. The van der Waals surface area contributed by atoms with Gasteiger partial charge in [-0.2, -0.15) is 0 Å². The summed E-state index contributed by atoms with van der Waals surface area (Å²) in [5.41, 5.74) is 0.0121. The predicted octanol–water partition coefficient (Wildman–Crippen LogP) is 3.99. The van der Waals surface area contributed by atoms with Gasteiger partial charge in [0.15, 0.2) is 11.5 Å². The first-order valence-electron chi connectivity index (χ1n) is 6.03. The van der Waals surface area contributed by atoms with Gasteiger partial charge in [0.1, 0.15) is 5.82 Å². The smallest absolute Gasteiger partial charge is 0.311 e. The Bertz CT molecular complexity index is 789. The van der Waals surface area contributed by atoms with Crippen LogP contribution in [0.1, 0.15) is 15.9 Å². The lowest BCUT2D eigenvalue weighted by molar-refractivity contribution is -0.385. The molecular formula is C15H9ClFNO4. The largest absolute Gasteiger partial charge is 0.502 e. The Morgan fingerprint density at radius 3 is 2.64 bits per heavy atom. The summed E-state index contributed by atoms with van der Waals surface area (Å²) in [6.45, 7) is 0. The fourth-order valence-corrected chi connectivity index (χ4v) is 2.00. The van der Waals surface area contributed by atoms with Crippen LogP contribution in [0.5, 0.6) is 5.75 Å². The van der Waals surface area contributed by atoms with E-state index in [9.17, 15) is 24.4 Å². The number of hydrogen-bond acceptors (Lipinski definition) is 4. The summed E-state index contributed by atoms with van der Waals surface area (Å²) in [5, 5.41) is 20.0. The third-order valence-electron chi connectivity index (χ3n) is 2.82. The van der Waals surface area contributed by atoms with E-state index in [1.54, 1.807) is 0 Å². The second-order valence-electron chi connectivity index (χ2n) is 4.33. The van der Waals surface area contributed by atoms with Crippen LogP contribution >= 0.6 is 11.6 Å². The van der Waals surface area contributed by atoms with Crippen molar-refractivity contribution in [2.24, 2.45) is 0 Å². The van der Waals surface area contributed by atoms with Gasteiger partial charge in [-0.05, 0) is 35.9 Å². The van der Waals surface area contributed by atoms with Gasteiger partial charge in [-0.15, -0.1) is 0 Å². The molecule has 0 aliphatic heterocycles. The highest BCUT2D eigenvalue weighted by Gasteiger charge is 2.13. The number of hydrogen-bond donors (Lipinski definition) is 1. The molecule has 2 aromatic rings. The van der Waals surface area contributed by atoms with Crippen molar-refractivity contribution in [1.82, 2.24) is 0 Å². The molecule has 112 valence electrons. The number of phenols is 1. The quantitative estimate of drug-likeness (QED) is 0.399. The highest BCUT2D eigenvalue weighted by Crippen LogP contribution is 2.27. The second kappa shape index (κ2) is 6.36. The van der Waals surface area contributed by atoms with Crippen LogP contribution in [0.15, 0.2) is 42.5 Å². The monoisotopic (exact) mass is 321 g/mol. The topological polar surface area (TPSA) is 80.4 Å². The number of nitro benzene ring substituents is 1. The summed E-state index contributed by atoms with van der Waals surface area (Å²) in [4.78, 5) is 21.9. The van der Waals surface area contributed by atoms with Crippen molar-refractivity contribution in [3.8, 4) is 5.75 Å². The maximum absolute atomic E-state index is 12.9. The zero-order valence-corrected chi connectivity index (χ0v) is 11.7. The van der Waals surface area contributed by atoms with Crippen LogP contribution in [0.2, 0.25) is 5.02 Å². The average Bonchev–Trinajstić information content (AvgIpc) is 2.45. The second-order valence-corrected chi connectivity index (χ2v) is 4.73. The minimum absolute atomic E-state index is 0.0219. The van der Waals surface area contributed by atoms with Crippen molar-refractivity contribution >= 4 is 29.1 Å². The molecule has 0 aliphatic carbocycles. The van der Waals surface area contributed by atoms with Crippen LogP contribution in [0.4, 0.5) is 10.1 Å². The Morgan fingerprint density at radius 2 is 2.00 bits per heavy atom. The van der Waals surface area contributed by atoms with E-state index >= 15 is 0 Å². The van der Waals surface area contributed by atoms with Crippen LogP contribution < -0.4 is 0 Å². The third-order valence-corrected chi connectivity index (χ3v) is 3.13. The highest BCUT2D eigenvalue weighted by atomic mass is 35.5. The summed E-state index contributed by atoms with van der Waals surface area (Å²) in [6.07, 6.45) is 2.50. The van der Waals surface area contributed by atoms with Crippen LogP contribution in [0, 0.1) is 15.9 Å². The first kappa shape index (κ1) is 15.7. The molecule has 22 heavy (non-hydrogen) atoms. The Kier molecular flexibility index (Phi) is 4.53. The van der Waals surface area contributed by atoms with Gasteiger partial charge >= 0.3 is 5.69 Å². The molecule has 0 unspecified atom stereocenters. The van der Waals surface area contributed by atoms with Crippen molar-refractivity contribution in [3.05, 3.63) is 74.6 Å². The Balaban J connectivity index is 2.26. The molecule has 0 atom stereocenters. The van der Waals surface area contributed by atoms with E-state index in [4.69, 9.17) is 11.6 Å². The standard InChI is InChI=1S/C15H9ClFNO4/c16-12-8-10(17)3-4-11(12)14(19)5-1-9-2-6-15(20)13(7-9)18(21)22/h1-8,20H/b5-1+. The maximum Gasteiger partial charge on any atom is 0.311 e. The van der Waals surface area contributed by atoms with Crippen LogP contribution in [0.3, 0.4) is 0 Å². The van der Waals surface area contributed by atoms with Gasteiger partial charge in [-0.25, -0.2) is 4.39 Å². The molecule has 2 rings (SSSR count). The molecule has 0 radical (unpaired) electrons. The lowest BCUT2D eigenvalue weighted by Crippen LogP contribution is -1.96. The molecule has 1 N–H and O–H groups in total. The lowest BCUT2D eigenvalue weighted by Gasteiger charge is -2.00. The number of rotatable bonds is 4. The lowest BCUT2D eigenvalue weighted by atomic mass is 10.1. The molecule has 0 bridgehead atoms. The number of benzene rings is 2. The van der Waals surface area contributed by atoms with Crippen molar-refractivity contribution in [3.63, 3.8) is 0 Å². The van der Waals surface area contributed by atoms with Crippen molar-refractivity contribution in [1.29, 1.82) is 0 Å². The summed E-state index contributed by atoms with van der Waals surface area (Å²) < 4.78 is 12.9. The number of halogens is 2. The van der Waals surface area contributed by atoms with E-state index in [1.807, 2.05) is 0 Å². The van der Waals surface area contributed by atoms with E-state index in [0.29, 0.717) is 5.56 Å². The Morgan fingerprint density at radius 1 is 1.27 bits per heavy atom. The minimum Gasteiger partial charge on any atom is -0.502 e. The molecule has 0 saturated carbocycles. The first-order valence-corrected chi connectivity index (χ1v) is 6.41. The van der Waals surface area contributed by atoms with Crippen molar-refractivity contribution in [2.75, 3.05) is 0 Å². The molecule has 0 aromatic heterocycles. The number of ketones is 1. The first-order chi connectivity index (χ1) is 10.4. The van der Waals surface area contributed by atoms with Crippen LogP contribution in [-0.4, -0.2) is 15.8 Å². The van der Waals surface area contributed by atoms with Gasteiger partial charge in [0.05, 0.1) is 9.95 Å². The number of phenolic OH excluding ortho intramolecular Hbond substituents is 1. The Hall–Kier alpha value is -2.73. The molecule has 0 spiro atoms. The van der Waals surface area contributed by atoms with Crippen molar-refractivity contribution < 1.29 is 19.2 Å². The fraction of sp³-hybridized carbons (Fsp3) is 0. The van der Waals surface area contributed by atoms with E-state index in [-0.39, 0.29) is 10.6 Å².